The second-order valence-corrected chi connectivity index (χ2v) is 4.32. The van der Waals surface area contributed by atoms with E-state index >= 15 is 0 Å². The molecule has 0 aliphatic carbocycles. The first-order valence-corrected chi connectivity index (χ1v) is 6.51. The van der Waals surface area contributed by atoms with E-state index in [1.165, 1.54) is 12.3 Å². The molecule has 0 amide bonds. The molecule has 108 valence electrons. The maximum atomic E-state index is 11.2. The summed E-state index contributed by atoms with van der Waals surface area (Å²) in [6, 6.07) is 3.12. The Kier molecular flexibility index (Phi) is 5.87. The number of nitrogens with zero attached hydrogens (tertiary/aromatic N) is 4. The van der Waals surface area contributed by atoms with Gasteiger partial charge in [-0.15, -0.1) is 0 Å². The highest BCUT2D eigenvalue weighted by Crippen LogP contribution is 2.29. The van der Waals surface area contributed by atoms with E-state index in [4.69, 9.17) is 5.26 Å². The number of pyridine rings is 1. The Morgan fingerprint density at radius 1 is 1.55 bits per heavy atom. The van der Waals surface area contributed by atoms with Crippen molar-refractivity contribution in [1.82, 2.24) is 4.98 Å². The van der Waals surface area contributed by atoms with Crippen LogP contribution in [0.1, 0.15) is 32.3 Å². The lowest BCUT2D eigenvalue weighted by Crippen LogP contribution is -2.37. The zero-order chi connectivity index (χ0) is 15.1. The molecule has 20 heavy (non-hydrogen) atoms. The quantitative estimate of drug-likeness (QED) is 0.603. The summed E-state index contributed by atoms with van der Waals surface area (Å²) < 4.78 is 0. The van der Waals surface area contributed by atoms with Gasteiger partial charge in [-0.25, -0.2) is 4.98 Å². The highest BCUT2D eigenvalue weighted by atomic mass is 16.6. The van der Waals surface area contributed by atoms with Crippen molar-refractivity contribution in [1.29, 1.82) is 5.26 Å². The van der Waals surface area contributed by atoms with Crippen LogP contribution >= 0.6 is 0 Å². The lowest BCUT2D eigenvalue weighted by atomic mass is 10.1. The zero-order valence-corrected chi connectivity index (χ0v) is 11.6. The van der Waals surface area contributed by atoms with Crippen molar-refractivity contribution >= 4 is 11.5 Å². The standard InChI is InChI=1S/C13H18N4O3/c1-3-11(4-2)16(5-6-18)13-12(17(19)20)7-10(8-14)9-15-13/h7,9,11,18H,3-6H2,1-2H3. The Morgan fingerprint density at radius 2 is 2.20 bits per heavy atom. The first kappa shape index (κ1) is 15.9. The minimum Gasteiger partial charge on any atom is -0.395 e. The van der Waals surface area contributed by atoms with Gasteiger partial charge in [-0.3, -0.25) is 10.1 Å². The highest BCUT2D eigenvalue weighted by molar-refractivity contribution is 5.60. The number of anilines is 1. The summed E-state index contributed by atoms with van der Waals surface area (Å²) in [5, 5.41) is 29.2. The molecule has 0 saturated heterocycles. The Balaban J connectivity index is 3.32. The van der Waals surface area contributed by atoms with Gasteiger partial charge in [-0.1, -0.05) is 13.8 Å². The van der Waals surface area contributed by atoms with Crippen LogP contribution in [-0.2, 0) is 0 Å². The molecule has 1 aromatic rings. The third kappa shape index (κ3) is 3.42. The number of aliphatic hydroxyl groups excluding tert-OH is 1. The average Bonchev–Trinajstić information content (AvgIpc) is 2.46. The molecule has 7 nitrogen and oxygen atoms in total. The molecule has 0 radical (unpaired) electrons. The van der Waals surface area contributed by atoms with Crippen molar-refractivity contribution in [3.63, 3.8) is 0 Å². The minimum absolute atomic E-state index is 0.0567. The summed E-state index contributed by atoms with van der Waals surface area (Å²) in [5.74, 6) is 0.205. The number of aromatic nitrogens is 1. The molecule has 0 unspecified atom stereocenters. The van der Waals surface area contributed by atoms with Crippen LogP contribution in [0.25, 0.3) is 0 Å². The third-order valence-electron chi connectivity index (χ3n) is 3.17. The monoisotopic (exact) mass is 278 g/mol. The van der Waals surface area contributed by atoms with Gasteiger partial charge < -0.3 is 10.0 Å². The second-order valence-electron chi connectivity index (χ2n) is 4.32. The highest BCUT2D eigenvalue weighted by Gasteiger charge is 2.25. The van der Waals surface area contributed by atoms with Gasteiger partial charge in [0.1, 0.15) is 6.07 Å². The predicted octanol–water partition coefficient (Wildman–Crippen LogP) is 1.85. The molecule has 0 atom stereocenters. The van der Waals surface area contributed by atoms with E-state index in [1.54, 1.807) is 4.90 Å². The Hall–Kier alpha value is -2.20. The molecule has 1 rings (SSSR count). The summed E-state index contributed by atoms with van der Waals surface area (Å²) in [6.07, 6.45) is 2.89. The van der Waals surface area contributed by atoms with E-state index in [9.17, 15) is 15.2 Å². The van der Waals surface area contributed by atoms with E-state index in [2.05, 4.69) is 4.98 Å². The number of hydrogen-bond acceptors (Lipinski definition) is 6. The molecule has 0 spiro atoms. The van der Waals surface area contributed by atoms with Crippen molar-refractivity contribution < 1.29 is 10.0 Å². The molecule has 0 bridgehead atoms. The van der Waals surface area contributed by atoms with E-state index in [-0.39, 0.29) is 36.3 Å². The Bertz CT molecular complexity index is 509. The average molecular weight is 278 g/mol. The van der Waals surface area contributed by atoms with E-state index in [0.29, 0.717) is 0 Å². The fraction of sp³-hybridized carbons (Fsp3) is 0.538. The van der Waals surface area contributed by atoms with Crippen molar-refractivity contribution in [2.24, 2.45) is 0 Å². The number of nitriles is 1. The molecule has 1 aromatic heterocycles. The molecule has 0 saturated carbocycles. The van der Waals surface area contributed by atoms with Crippen LogP contribution in [0.5, 0.6) is 0 Å². The van der Waals surface area contributed by atoms with Gasteiger partial charge in [0, 0.05) is 24.8 Å². The van der Waals surface area contributed by atoms with Gasteiger partial charge in [0.05, 0.1) is 17.1 Å². The summed E-state index contributed by atoms with van der Waals surface area (Å²) >= 11 is 0. The van der Waals surface area contributed by atoms with Gasteiger partial charge in [0.15, 0.2) is 0 Å². The van der Waals surface area contributed by atoms with Gasteiger partial charge in [-0.2, -0.15) is 5.26 Å². The largest absolute Gasteiger partial charge is 0.395 e. The summed E-state index contributed by atoms with van der Waals surface area (Å²) in [7, 11) is 0. The molecule has 1 heterocycles. The summed E-state index contributed by atoms with van der Waals surface area (Å²) in [6.45, 7) is 4.11. The topological polar surface area (TPSA) is 103 Å². The van der Waals surface area contributed by atoms with Gasteiger partial charge >= 0.3 is 5.69 Å². The van der Waals surface area contributed by atoms with Crippen molar-refractivity contribution in [2.75, 3.05) is 18.1 Å². The number of aliphatic hydroxyl groups is 1. The molecular formula is C13H18N4O3. The molecule has 0 aliphatic rings. The van der Waals surface area contributed by atoms with Gasteiger partial charge in [-0.05, 0) is 12.8 Å². The van der Waals surface area contributed by atoms with Crippen LogP contribution in [0.2, 0.25) is 0 Å². The predicted molar refractivity (Wildman–Crippen MR) is 74.4 cm³/mol. The maximum Gasteiger partial charge on any atom is 0.312 e. The van der Waals surface area contributed by atoms with Crippen molar-refractivity contribution in [3.8, 4) is 6.07 Å². The van der Waals surface area contributed by atoms with Gasteiger partial charge in [0.2, 0.25) is 5.82 Å². The molecule has 0 aliphatic heterocycles. The van der Waals surface area contributed by atoms with E-state index < -0.39 is 4.92 Å². The second kappa shape index (κ2) is 7.40. The van der Waals surface area contributed by atoms with E-state index in [1.807, 2.05) is 19.9 Å². The fourth-order valence-electron chi connectivity index (χ4n) is 2.16. The van der Waals surface area contributed by atoms with Crippen LogP contribution in [0.3, 0.4) is 0 Å². The van der Waals surface area contributed by atoms with Crippen LogP contribution in [0.4, 0.5) is 11.5 Å². The van der Waals surface area contributed by atoms with Crippen LogP contribution < -0.4 is 4.90 Å². The van der Waals surface area contributed by atoms with Gasteiger partial charge in [0.25, 0.3) is 0 Å². The summed E-state index contributed by atoms with van der Waals surface area (Å²) in [4.78, 5) is 16.4. The number of nitro groups is 1. The fourth-order valence-corrected chi connectivity index (χ4v) is 2.16. The first-order chi connectivity index (χ1) is 9.58. The number of rotatable bonds is 7. The summed E-state index contributed by atoms with van der Waals surface area (Å²) in [5.41, 5.74) is -0.0571. The minimum atomic E-state index is -0.546. The zero-order valence-electron chi connectivity index (χ0n) is 11.6. The molecule has 1 N–H and O–H groups in total. The Labute approximate surface area is 117 Å². The third-order valence-corrected chi connectivity index (χ3v) is 3.17. The maximum absolute atomic E-state index is 11.2. The first-order valence-electron chi connectivity index (χ1n) is 6.51. The Morgan fingerprint density at radius 3 is 2.65 bits per heavy atom. The van der Waals surface area contributed by atoms with Crippen LogP contribution in [0.15, 0.2) is 12.3 Å². The molecular weight excluding hydrogens is 260 g/mol. The molecule has 7 heteroatoms. The van der Waals surface area contributed by atoms with Crippen molar-refractivity contribution in [3.05, 3.63) is 27.9 Å². The molecule has 0 aromatic carbocycles. The SMILES string of the molecule is CCC(CC)N(CCO)c1ncc(C#N)cc1[N+](=O)[O-]. The van der Waals surface area contributed by atoms with Crippen molar-refractivity contribution in [2.45, 2.75) is 32.7 Å². The number of hydrogen-bond donors (Lipinski definition) is 1. The van der Waals surface area contributed by atoms with Crippen LogP contribution in [0, 0.1) is 21.4 Å². The smallest absolute Gasteiger partial charge is 0.312 e. The van der Waals surface area contributed by atoms with E-state index in [0.717, 1.165) is 12.8 Å². The lowest BCUT2D eigenvalue weighted by Gasteiger charge is -2.30. The van der Waals surface area contributed by atoms with Crippen LogP contribution in [-0.4, -0.2) is 34.2 Å². The molecule has 0 fully saturated rings. The normalized spacial score (nSPS) is 10.3. The lowest BCUT2D eigenvalue weighted by molar-refractivity contribution is -0.384.